The Kier molecular flexibility index (Phi) is 2.98. The Morgan fingerprint density at radius 2 is 2.40 bits per heavy atom. The van der Waals surface area contributed by atoms with E-state index in [0.29, 0.717) is 12.5 Å². The molecule has 15 heavy (non-hydrogen) atoms. The standard InChI is InChI=1S/C12H14N2O/c1-15-8-11-5-10(6-13)12(7-14-11)9-3-2-4-9/h5,7,9H,2-4,8H2,1H3. The Morgan fingerprint density at radius 3 is 2.93 bits per heavy atom. The van der Waals surface area contributed by atoms with Gasteiger partial charge < -0.3 is 4.74 Å². The van der Waals surface area contributed by atoms with E-state index in [1.165, 1.54) is 19.3 Å². The molecule has 0 bridgehead atoms. The molecule has 1 aliphatic rings. The average Bonchev–Trinajstić information content (AvgIpc) is 2.18. The molecule has 0 saturated heterocycles. The lowest BCUT2D eigenvalue weighted by Gasteiger charge is -2.26. The number of methoxy groups -OCH3 is 1. The van der Waals surface area contributed by atoms with Gasteiger partial charge in [-0.15, -0.1) is 0 Å². The second-order valence-electron chi connectivity index (χ2n) is 3.94. The highest BCUT2D eigenvalue weighted by Crippen LogP contribution is 2.37. The molecule has 1 saturated carbocycles. The van der Waals surface area contributed by atoms with Crippen LogP contribution in [0.25, 0.3) is 0 Å². The molecule has 1 aromatic heterocycles. The number of nitrogens with zero attached hydrogens (tertiary/aromatic N) is 2. The molecule has 0 amide bonds. The summed E-state index contributed by atoms with van der Waals surface area (Å²) in [7, 11) is 1.63. The minimum Gasteiger partial charge on any atom is -0.378 e. The molecule has 0 aromatic carbocycles. The van der Waals surface area contributed by atoms with E-state index in [4.69, 9.17) is 10.00 Å². The summed E-state index contributed by atoms with van der Waals surface area (Å²) in [6, 6.07) is 4.09. The zero-order valence-electron chi connectivity index (χ0n) is 8.86. The van der Waals surface area contributed by atoms with Crippen molar-refractivity contribution in [2.45, 2.75) is 31.8 Å². The van der Waals surface area contributed by atoms with Crippen molar-refractivity contribution in [2.75, 3.05) is 7.11 Å². The van der Waals surface area contributed by atoms with Crippen LogP contribution in [0.2, 0.25) is 0 Å². The molecule has 3 nitrogen and oxygen atoms in total. The van der Waals surface area contributed by atoms with Crippen LogP contribution in [0.1, 0.15) is 42.0 Å². The van der Waals surface area contributed by atoms with E-state index in [-0.39, 0.29) is 0 Å². The molecule has 0 radical (unpaired) electrons. The molecule has 0 atom stereocenters. The molecule has 1 aromatic rings. The summed E-state index contributed by atoms with van der Waals surface area (Å²) in [5.41, 5.74) is 2.71. The second-order valence-corrected chi connectivity index (χ2v) is 3.94. The summed E-state index contributed by atoms with van der Waals surface area (Å²) in [5, 5.41) is 9.06. The third-order valence-corrected chi connectivity index (χ3v) is 2.95. The van der Waals surface area contributed by atoms with Crippen molar-refractivity contribution >= 4 is 0 Å². The SMILES string of the molecule is COCc1cc(C#N)c(C2CCC2)cn1. The summed E-state index contributed by atoms with van der Waals surface area (Å²) in [4.78, 5) is 4.30. The normalized spacial score (nSPS) is 15.7. The fourth-order valence-corrected chi connectivity index (χ4v) is 1.88. The molecule has 3 heteroatoms. The van der Waals surface area contributed by atoms with E-state index in [2.05, 4.69) is 11.1 Å². The van der Waals surface area contributed by atoms with Gasteiger partial charge in [0.15, 0.2) is 0 Å². The minimum atomic E-state index is 0.472. The monoisotopic (exact) mass is 202 g/mol. The number of aromatic nitrogens is 1. The number of hydrogen-bond acceptors (Lipinski definition) is 3. The van der Waals surface area contributed by atoms with Gasteiger partial charge in [-0.2, -0.15) is 5.26 Å². The van der Waals surface area contributed by atoms with E-state index >= 15 is 0 Å². The van der Waals surface area contributed by atoms with Gasteiger partial charge in [0.1, 0.15) is 0 Å². The van der Waals surface area contributed by atoms with Gasteiger partial charge in [0, 0.05) is 13.3 Å². The van der Waals surface area contributed by atoms with Crippen molar-refractivity contribution in [3.05, 3.63) is 29.1 Å². The zero-order valence-corrected chi connectivity index (χ0v) is 8.86. The van der Waals surface area contributed by atoms with Crippen molar-refractivity contribution in [3.63, 3.8) is 0 Å². The van der Waals surface area contributed by atoms with Crippen molar-refractivity contribution in [1.29, 1.82) is 5.26 Å². The Balaban J connectivity index is 2.27. The highest BCUT2D eigenvalue weighted by atomic mass is 16.5. The van der Waals surface area contributed by atoms with Gasteiger partial charge in [-0.1, -0.05) is 6.42 Å². The maximum atomic E-state index is 9.06. The van der Waals surface area contributed by atoms with Gasteiger partial charge in [-0.25, -0.2) is 0 Å². The molecule has 1 fully saturated rings. The molecular weight excluding hydrogens is 188 g/mol. The smallest absolute Gasteiger partial charge is 0.0995 e. The number of nitriles is 1. The first-order chi connectivity index (χ1) is 7.35. The van der Waals surface area contributed by atoms with Crippen LogP contribution in [0.5, 0.6) is 0 Å². The van der Waals surface area contributed by atoms with Crippen LogP contribution >= 0.6 is 0 Å². The number of rotatable bonds is 3. The van der Waals surface area contributed by atoms with E-state index in [1.807, 2.05) is 12.3 Å². The van der Waals surface area contributed by atoms with E-state index in [0.717, 1.165) is 16.8 Å². The zero-order chi connectivity index (χ0) is 10.7. The van der Waals surface area contributed by atoms with Gasteiger partial charge in [-0.3, -0.25) is 4.98 Å². The quantitative estimate of drug-likeness (QED) is 0.755. The maximum Gasteiger partial charge on any atom is 0.0995 e. The third kappa shape index (κ3) is 2.00. The van der Waals surface area contributed by atoms with E-state index in [1.54, 1.807) is 7.11 Å². The summed E-state index contributed by atoms with van der Waals surface area (Å²) in [6.07, 6.45) is 5.51. The van der Waals surface area contributed by atoms with Crippen LogP contribution in [-0.4, -0.2) is 12.1 Å². The fourth-order valence-electron chi connectivity index (χ4n) is 1.88. The van der Waals surface area contributed by atoms with Gasteiger partial charge in [-0.05, 0) is 30.4 Å². The maximum absolute atomic E-state index is 9.06. The first-order valence-corrected chi connectivity index (χ1v) is 5.23. The molecule has 0 N–H and O–H groups in total. The Morgan fingerprint density at radius 1 is 1.60 bits per heavy atom. The highest BCUT2D eigenvalue weighted by Gasteiger charge is 2.22. The van der Waals surface area contributed by atoms with Crippen LogP contribution in [0, 0.1) is 11.3 Å². The van der Waals surface area contributed by atoms with Crippen LogP contribution in [0.4, 0.5) is 0 Å². The molecule has 0 unspecified atom stereocenters. The summed E-state index contributed by atoms with van der Waals surface area (Å²) >= 11 is 0. The average molecular weight is 202 g/mol. The lowest BCUT2D eigenvalue weighted by atomic mass is 9.79. The molecule has 78 valence electrons. The van der Waals surface area contributed by atoms with Crippen LogP contribution in [0.3, 0.4) is 0 Å². The molecule has 0 aliphatic heterocycles. The molecule has 0 spiro atoms. The van der Waals surface area contributed by atoms with Crippen LogP contribution in [-0.2, 0) is 11.3 Å². The number of hydrogen-bond donors (Lipinski definition) is 0. The lowest BCUT2D eigenvalue weighted by molar-refractivity contribution is 0.181. The molecular formula is C12H14N2O. The topological polar surface area (TPSA) is 45.9 Å². The Hall–Kier alpha value is -1.40. The van der Waals surface area contributed by atoms with Crippen LogP contribution in [0.15, 0.2) is 12.3 Å². The molecule has 1 aliphatic carbocycles. The van der Waals surface area contributed by atoms with Gasteiger partial charge >= 0.3 is 0 Å². The predicted octanol–water partition coefficient (Wildman–Crippen LogP) is 2.37. The predicted molar refractivity (Wildman–Crippen MR) is 56.3 cm³/mol. The third-order valence-electron chi connectivity index (χ3n) is 2.95. The molecule has 2 rings (SSSR count). The van der Waals surface area contributed by atoms with Crippen molar-refractivity contribution < 1.29 is 4.74 Å². The lowest BCUT2D eigenvalue weighted by Crippen LogP contribution is -2.11. The minimum absolute atomic E-state index is 0.472. The summed E-state index contributed by atoms with van der Waals surface area (Å²) in [6.45, 7) is 0.472. The largest absolute Gasteiger partial charge is 0.378 e. The first-order valence-electron chi connectivity index (χ1n) is 5.23. The first kappa shape index (κ1) is 10.1. The summed E-state index contributed by atoms with van der Waals surface area (Å²) in [5.74, 6) is 0.559. The van der Waals surface area contributed by atoms with Crippen molar-refractivity contribution in [3.8, 4) is 6.07 Å². The van der Waals surface area contributed by atoms with Crippen molar-refractivity contribution in [2.24, 2.45) is 0 Å². The Labute approximate surface area is 89.7 Å². The van der Waals surface area contributed by atoms with Gasteiger partial charge in [0.2, 0.25) is 0 Å². The molecule has 1 heterocycles. The van der Waals surface area contributed by atoms with E-state index < -0.39 is 0 Å². The fraction of sp³-hybridized carbons (Fsp3) is 0.500. The van der Waals surface area contributed by atoms with Crippen molar-refractivity contribution in [1.82, 2.24) is 4.98 Å². The number of pyridine rings is 1. The second kappa shape index (κ2) is 4.41. The van der Waals surface area contributed by atoms with Crippen LogP contribution < -0.4 is 0 Å². The van der Waals surface area contributed by atoms with E-state index in [9.17, 15) is 0 Å². The number of ether oxygens (including phenoxy) is 1. The Bertz CT molecular complexity index is 391. The highest BCUT2D eigenvalue weighted by molar-refractivity contribution is 5.40. The van der Waals surface area contributed by atoms with Gasteiger partial charge in [0.05, 0.1) is 23.9 Å². The summed E-state index contributed by atoms with van der Waals surface area (Å²) < 4.78 is 5.00. The van der Waals surface area contributed by atoms with Gasteiger partial charge in [0.25, 0.3) is 0 Å².